The molecule has 0 fully saturated rings. The number of aliphatic hydroxyl groups is 2. The van der Waals surface area contributed by atoms with E-state index in [9.17, 15) is 19.8 Å². The lowest BCUT2D eigenvalue weighted by atomic mass is 9.70. The Labute approximate surface area is 225 Å². The quantitative estimate of drug-likeness (QED) is 0.528. The molecule has 0 bridgehead atoms. The van der Waals surface area contributed by atoms with Crippen molar-refractivity contribution in [3.8, 4) is 11.5 Å². The summed E-state index contributed by atoms with van der Waals surface area (Å²) in [6, 6.07) is 0. The zero-order chi connectivity index (χ0) is 27.7. The molecule has 1 aromatic carbocycles. The Hall–Kier alpha value is -2.64. The molecule has 2 N–H and O–H groups in total. The Morgan fingerprint density at radius 2 is 1.45 bits per heavy atom. The predicted molar refractivity (Wildman–Crippen MR) is 144 cm³/mol. The highest BCUT2D eigenvalue weighted by Crippen LogP contribution is 2.51. The first-order valence-corrected chi connectivity index (χ1v) is 13.9. The number of Topliss-reactive ketones (excluding diaryl/α,β-unsaturated/α-hetero) is 2. The summed E-state index contributed by atoms with van der Waals surface area (Å²) in [5.74, 6) is 2.86. The van der Waals surface area contributed by atoms with Crippen LogP contribution in [0.3, 0.4) is 0 Å². The minimum atomic E-state index is -0.141. The van der Waals surface area contributed by atoms with Crippen LogP contribution in [0.1, 0.15) is 81.0 Å². The van der Waals surface area contributed by atoms with E-state index in [-0.39, 0.29) is 42.4 Å². The maximum absolute atomic E-state index is 12.5. The van der Waals surface area contributed by atoms with Crippen LogP contribution in [0.5, 0.6) is 11.5 Å². The highest BCUT2D eigenvalue weighted by molar-refractivity contribution is 6.24. The number of rotatable bonds is 5. The van der Waals surface area contributed by atoms with Gasteiger partial charge in [0.15, 0.2) is 23.0 Å². The molecule has 0 amide bonds. The van der Waals surface area contributed by atoms with E-state index in [0.29, 0.717) is 41.8 Å². The molecule has 1 aromatic rings. The van der Waals surface area contributed by atoms with Crippen molar-refractivity contribution in [3.05, 3.63) is 44.7 Å². The number of ether oxygens (including phenoxy) is 3. The van der Waals surface area contributed by atoms with Gasteiger partial charge in [-0.15, -0.1) is 0 Å². The molecule has 0 aromatic heterocycles. The lowest BCUT2D eigenvalue weighted by Crippen LogP contribution is -2.33. The number of hydrogen-bond acceptors (Lipinski definition) is 7. The molecule has 1 heterocycles. The number of ketones is 2. The van der Waals surface area contributed by atoms with Crippen molar-refractivity contribution < 1.29 is 34.0 Å². The Morgan fingerprint density at radius 1 is 0.842 bits per heavy atom. The van der Waals surface area contributed by atoms with Gasteiger partial charge in [0.2, 0.25) is 12.6 Å². The largest absolute Gasteiger partial charge is 0.492 e. The topological polar surface area (TPSA) is 102 Å². The number of carbonyl (C=O) groups excluding carboxylic acids is 2. The van der Waals surface area contributed by atoms with Crippen LogP contribution in [0, 0.1) is 31.6 Å². The fourth-order valence-corrected chi connectivity index (χ4v) is 6.75. The molecule has 0 spiro atoms. The van der Waals surface area contributed by atoms with Gasteiger partial charge in [-0.2, -0.15) is 0 Å². The minimum Gasteiger partial charge on any atom is -0.492 e. The van der Waals surface area contributed by atoms with Crippen LogP contribution in [0.15, 0.2) is 22.5 Å². The molecule has 3 aliphatic carbocycles. The molecular formula is C31H42O7. The summed E-state index contributed by atoms with van der Waals surface area (Å²) in [5, 5.41) is 18.9. The van der Waals surface area contributed by atoms with E-state index in [1.165, 1.54) is 29.4 Å². The van der Waals surface area contributed by atoms with Gasteiger partial charge in [-0.25, -0.2) is 0 Å². The summed E-state index contributed by atoms with van der Waals surface area (Å²) in [6.07, 6.45) is 5.16. The summed E-state index contributed by atoms with van der Waals surface area (Å²) < 4.78 is 16.5. The van der Waals surface area contributed by atoms with Crippen LogP contribution in [0.4, 0.5) is 0 Å². The Kier molecular flexibility index (Phi) is 8.68. The molecule has 0 radical (unpaired) electrons. The maximum atomic E-state index is 12.5. The van der Waals surface area contributed by atoms with E-state index in [1.54, 1.807) is 6.92 Å². The molecule has 7 nitrogen and oxygen atoms in total. The first-order valence-electron chi connectivity index (χ1n) is 13.9. The SMILES string of the molecule is CC[C@@H]1C[C@H](CO)CC2=C1C(=O)C(OC)=C(C)C2=O.CC[C@@H]1C[C@H](CO)Cc2c(C)c(C)c3c(c21)OCO3. The summed E-state index contributed by atoms with van der Waals surface area (Å²) >= 11 is 0. The van der Waals surface area contributed by atoms with Gasteiger partial charge in [-0.1, -0.05) is 13.8 Å². The Balaban J connectivity index is 0.000000177. The maximum Gasteiger partial charge on any atom is 0.231 e. The van der Waals surface area contributed by atoms with E-state index >= 15 is 0 Å². The Morgan fingerprint density at radius 3 is 2.05 bits per heavy atom. The van der Waals surface area contributed by atoms with Gasteiger partial charge in [-0.05, 0) is 99.7 Å². The van der Waals surface area contributed by atoms with Crippen LogP contribution >= 0.6 is 0 Å². The highest BCUT2D eigenvalue weighted by Gasteiger charge is 2.41. The number of methoxy groups -OCH3 is 1. The fraction of sp³-hybridized carbons (Fsp3) is 0.613. The van der Waals surface area contributed by atoms with Crippen molar-refractivity contribution in [3.63, 3.8) is 0 Å². The number of fused-ring (bicyclic) bond motifs is 3. The van der Waals surface area contributed by atoms with E-state index in [0.717, 1.165) is 43.6 Å². The number of carbonyl (C=O) groups is 2. The fourth-order valence-electron chi connectivity index (χ4n) is 6.75. The van der Waals surface area contributed by atoms with Crippen LogP contribution in [-0.2, 0) is 20.7 Å². The molecule has 0 saturated carbocycles. The van der Waals surface area contributed by atoms with Crippen LogP contribution in [-0.4, -0.2) is 48.9 Å². The average molecular weight is 527 g/mol. The summed E-state index contributed by atoms with van der Waals surface area (Å²) in [7, 11) is 1.43. The second-order valence-corrected chi connectivity index (χ2v) is 11.1. The van der Waals surface area contributed by atoms with E-state index in [1.807, 2.05) is 6.92 Å². The molecule has 208 valence electrons. The van der Waals surface area contributed by atoms with E-state index < -0.39 is 0 Å². The molecule has 4 atom stereocenters. The monoisotopic (exact) mass is 526 g/mol. The van der Waals surface area contributed by atoms with Gasteiger partial charge < -0.3 is 24.4 Å². The summed E-state index contributed by atoms with van der Waals surface area (Å²) in [6.45, 7) is 10.8. The molecule has 0 saturated heterocycles. The third-order valence-electron chi connectivity index (χ3n) is 9.01. The van der Waals surface area contributed by atoms with Crippen molar-refractivity contribution in [2.75, 3.05) is 27.1 Å². The third kappa shape index (κ3) is 4.79. The van der Waals surface area contributed by atoms with Crippen LogP contribution in [0.25, 0.3) is 0 Å². The second-order valence-electron chi connectivity index (χ2n) is 11.1. The molecule has 5 rings (SSSR count). The molecule has 7 heteroatoms. The molecule has 4 aliphatic rings. The Bertz CT molecular complexity index is 1180. The van der Waals surface area contributed by atoms with Crippen molar-refractivity contribution in [1.82, 2.24) is 0 Å². The smallest absolute Gasteiger partial charge is 0.231 e. The zero-order valence-corrected chi connectivity index (χ0v) is 23.6. The van der Waals surface area contributed by atoms with Crippen molar-refractivity contribution in [2.24, 2.45) is 17.8 Å². The summed E-state index contributed by atoms with van der Waals surface area (Å²) in [4.78, 5) is 24.8. The van der Waals surface area contributed by atoms with Gasteiger partial charge in [0.05, 0.1) is 7.11 Å². The van der Waals surface area contributed by atoms with Gasteiger partial charge in [0.25, 0.3) is 0 Å². The van der Waals surface area contributed by atoms with E-state index in [2.05, 4.69) is 20.8 Å². The molecule has 1 aliphatic heterocycles. The van der Waals surface area contributed by atoms with Gasteiger partial charge in [0, 0.05) is 35.5 Å². The van der Waals surface area contributed by atoms with Gasteiger partial charge in [-0.3, -0.25) is 9.59 Å². The standard InChI is InChI=1S/C16H22O3.C15H20O4/c1-4-12-5-11(7-17)6-13-9(2)10(3)15-16(14(12)13)19-8-18-15;1-4-10-5-9(7-16)6-11-12(10)14(18)15(19-3)8(2)13(11)17/h11-12,17H,4-8H2,1-3H3;9-10,16H,4-7H2,1-3H3/t11-,12+;9-,10+/m00/s1. The number of aliphatic hydroxyl groups excluding tert-OH is 2. The first kappa shape index (κ1) is 28.4. The van der Waals surface area contributed by atoms with Crippen LogP contribution in [0.2, 0.25) is 0 Å². The second kappa shape index (κ2) is 11.6. The number of hydrogen-bond donors (Lipinski definition) is 2. The number of benzene rings is 1. The lowest BCUT2D eigenvalue weighted by molar-refractivity contribution is -0.119. The van der Waals surface area contributed by atoms with Crippen LogP contribution < -0.4 is 9.47 Å². The van der Waals surface area contributed by atoms with Crippen molar-refractivity contribution in [1.29, 1.82) is 0 Å². The average Bonchev–Trinajstić information content (AvgIpc) is 3.44. The summed E-state index contributed by atoms with van der Waals surface area (Å²) in [5.41, 5.74) is 6.86. The van der Waals surface area contributed by atoms with Crippen molar-refractivity contribution in [2.45, 2.75) is 79.1 Å². The number of allylic oxidation sites excluding steroid dienone is 3. The lowest BCUT2D eigenvalue weighted by Gasteiger charge is -2.34. The predicted octanol–water partition coefficient (Wildman–Crippen LogP) is 4.86. The molecule has 0 unspecified atom stereocenters. The highest BCUT2D eigenvalue weighted by atomic mass is 16.7. The van der Waals surface area contributed by atoms with E-state index in [4.69, 9.17) is 14.2 Å². The minimum absolute atomic E-state index is 0.0515. The normalized spacial score (nSPS) is 26.1. The molecular weight excluding hydrogens is 484 g/mol. The van der Waals surface area contributed by atoms with Gasteiger partial charge >= 0.3 is 0 Å². The van der Waals surface area contributed by atoms with Gasteiger partial charge in [0.1, 0.15) is 0 Å². The third-order valence-corrected chi connectivity index (χ3v) is 9.01. The zero-order valence-electron chi connectivity index (χ0n) is 23.6. The first-order chi connectivity index (χ1) is 18.2. The molecule has 38 heavy (non-hydrogen) atoms. The van der Waals surface area contributed by atoms with Crippen molar-refractivity contribution >= 4 is 11.6 Å².